The summed E-state index contributed by atoms with van der Waals surface area (Å²) in [5.41, 5.74) is 0. The zero-order valence-corrected chi connectivity index (χ0v) is 7.38. The Morgan fingerprint density at radius 2 is 2.17 bits per heavy atom. The average molecular weight is 183 g/mol. The highest BCUT2D eigenvalue weighted by Gasteiger charge is 2.17. The van der Waals surface area contributed by atoms with Crippen molar-refractivity contribution >= 4 is 22.4 Å². The van der Waals surface area contributed by atoms with Crippen molar-refractivity contribution in [2.24, 2.45) is 0 Å². The lowest BCUT2D eigenvalue weighted by molar-refractivity contribution is -0.119. The van der Waals surface area contributed by atoms with E-state index < -0.39 is 0 Å². The predicted molar refractivity (Wildman–Crippen MR) is 46.4 cm³/mol. The van der Waals surface area contributed by atoms with E-state index in [1.165, 1.54) is 11.5 Å². The molecule has 5 heteroatoms. The van der Waals surface area contributed by atoms with Crippen LogP contribution >= 0.6 is 11.5 Å². The Morgan fingerprint density at radius 1 is 1.42 bits per heavy atom. The van der Waals surface area contributed by atoms with Gasteiger partial charge in [-0.2, -0.15) is 4.37 Å². The van der Waals surface area contributed by atoms with Crippen LogP contribution in [0.4, 0.5) is 5.13 Å². The van der Waals surface area contributed by atoms with Crippen LogP contribution in [0.1, 0.15) is 12.8 Å². The number of hydrogen-bond acceptors (Lipinski definition) is 5. The maximum Gasteiger partial charge on any atom is 0.204 e. The number of piperidine rings is 1. The van der Waals surface area contributed by atoms with Crippen LogP contribution in [0.15, 0.2) is 6.33 Å². The van der Waals surface area contributed by atoms with Gasteiger partial charge in [-0.1, -0.05) is 0 Å². The molecule has 1 aromatic rings. The molecule has 0 unspecified atom stereocenters. The first-order valence-electron chi connectivity index (χ1n) is 3.89. The molecule has 64 valence electrons. The van der Waals surface area contributed by atoms with E-state index in [0.717, 1.165) is 18.2 Å². The monoisotopic (exact) mass is 183 g/mol. The topological polar surface area (TPSA) is 46.1 Å². The molecule has 0 bridgehead atoms. The second kappa shape index (κ2) is 3.18. The molecule has 0 aromatic carbocycles. The fraction of sp³-hybridized carbons (Fsp3) is 0.571. The number of rotatable bonds is 1. The highest BCUT2D eigenvalue weighted by molar-refractivity contribution is 7.09. The van der Waals surface area contributed by atoms with Gasteiger partial charge in [-0.05, 0) is 0 Å². The van der Waals surface area contributed by atoms with Crippen molar-refractivity contribution in [3.05, 3.63) is 6.33 Å². The summed E-state index contributed by atoms with van der Waals surface area (Å²) in [4.78, 5) is 17.1. The molecule has 1 aliphatic heterocycles. The standard InChI is InChI=1S/C7H9N3OS/c11-6-1-3-10(4-2-6)7-8-5-9-12-7/h5H,1-4H2. The summed E-state index contributed by atoms with van der Waals surface area (Å²) in [6.45, 7) is 1.60. The van der Waals surface area contributed by atoms with Crippen LogP contribution in [0.25, 0.3) is 0 Å². The Bertz CT molecular complexity index is 262. The molecule has 1 aromatic heterocycles. The summed E-state index contributed by atoms with van der Waals surface area (Å²) >= 11 is 1.38. The Labute approximate surface area is 74.4 Å². The van der Waals surface area contributed by atoms with E-state index >= 15 is 0 Å². The van der Waals surface area contributed by atoms with Gasteiger partial charge >= 0.3 is 0 Å². The maximum absolute atomic E-state index is 10.9. The number of ketones is 1. The van der Waals surface area contributed by atoms with Gasteiger partial charge < -0.3 is 4.90 Å². The molecule has 0 saturated carbocycles. The van der Waals surface area contributed by atoms with Crippen molar-refractivity contribution in [1.82, 2.24) is 9.36 Å². The number of aromatic nitrogens is 2. The van der Waals surface area contributed by atoms with Crippen LogP contribution in [0.5, 0.6) is 0 Å². The predicted octanol–water partition coefficient (Wildman–Crippen LogP) is 0.707. The van der Waals surface area contributed by atoms with Crippen LogP contribution < -0.4 is 4.90 Å². The minimum Gasteiger partial charge on any atom is -0.346 e. The molecule has 2 heterocycles. The normalized spacial score (nSPS) is 18.3. The summed E-state index contributed by atoms with van der Waals surface area (Å²) < 4.78 is 3.92. The van der Waals surface area contributed by atoms with E-state index in [0.29, 0.717) is 18.6 Å². The second-order valence-corrected chi connectivity index (χ2v) is 3.51. The van der Waals surface area contributed by atoms with Gasteiger partial charge in [0.05, 0.1) is 0 Å². The molecule has 1 saturated heterocycles. The molecule has 0 spiro atoms. The third kappa shape index (κ3) is 1.45. The van der Waals surface area contributed by atoms with Gasteiger partial charge in [0, 0.05) is 37.5 Å². The van der Waals surface area contributed by atoms with Gasteiger partial charge in [-0.15, -0.1) is 0 Å². The third-order valence-corrected chi connectivity index (χ3v) is 2.67. The van der Waals surface area contributed by atoms with Crippen LogP contribution in [-0.2, 0) is 4.79 Å². The number of hydrogen-bond donors (Lipinski definition) is 0. The number of anilines is 1. The number of nitrogens with zero attached hydrogens (tertiary/aromatic N) is 3. The average Bonchev–Trinajstić information content (AvgIpc) is 2.58. The second-order valence-electron chi connectivity index (χ2n) is 2.75. The quantitative estimate of drug-likeness (QED) is 0.643. The first-order valence-corrected chi connectivity index (χ1v) is 4.67. The highest BCUT2D eigenvalue weighted by atomic mass is 32.1. The first-order chi connectivity index (χ1) is 5.86. The van der Waals surface area contributed by atoms with Crippen molar-refractivity contribution in [2.45, 2.75) is 12.8 Å². The van der Waals surface area contributed by atoms with E-state index in [1.54, 1.807) is 6.33 Å². The zero-order valence-electron chi connectivity index (χ0n) is 6.56. The van der Waals surface area contributed by atoms with E-state index in [-0.39, 0.29) is 0 Å². The minimum atomic E-state index is 0.357. The molecule has 0 radical (unpaired) electrons. The molecule has 0 N–H and O–H groups in total. The van der Waals surface area contributed by atoms with Gasteiger partial charge in [0.1, 0.15) is 12.1 Å². The fourth-order valence-electron chi connectivity index (χ4n) is 1.25. The van der Waals surface area contributed by atoms with Gasteiger partial charge in [-0.25, -0.2) is 4.98 Å². The van der Waals surface area contributed by atoms with E-state index in [2.05, 4.69) is 14.3 Å². The fourth-order valence-corrected chi connectivity index (χ4v) is 1.83. The Kier molecular flexibility index (Phi) is 2.03. The summed E-state index contributed by atoms with van der Waals surface area (Å²) in [6, 6.07) is 0. The summed E-state index contributed by atoms with van der Waals surface area (Å²) in [7, 11) is 0. The Morgan fingerprint density at radius 3 is 2.75 bits per heavy atom. The lowest BCUT2D eigenvalue weighted by Crippen LogP contribution is -2.33. The van der Waals surface area contributed by atoms with Crippen LogP contribution in [0.2, 0.25) is 0 Å². The highest BCUT2D eigenvalue weighted by Crippen LogP contribution is 2.18. The minimum absolute atomic E-state index is 0.357. The van der Waals surface area contributed by atoms with Gasteiger partial charge in [-0.3, -0.25) is 4.79 Å². The number of Topliss-reactive ketones (excluding diaryl/α,β-unsaturated/α-hetero) is 1. The van der Waals surface area contributed by atoms with Crippen LogP contribution in [0.3, 0.4) is 0 Å². The molecule has 0 atom stereocenters. The van der Waals surface area contributed by atoms with Gasteiger partial charge in [0.2, 0.25) is 5.13 Å². The van der Waals surface area contributed by atoms with Crippen LogP contribution in [-0.4, -0.2) is 28.2 Å². The third-order valence-electron chi connectivity index (χ3n) is 1.94. The molecule has 4 nitrogen and oxygen atoms in total. The van der Waals surface area contributed by atoms with Crippen molar-refractivity contribution in [3.8, 4) is 0 Å². The molecule has 1 fully saturated rings. The summed E-state index contributed by atoms with van der Waals surface area (Å²) in [6.07, 6.45) is 2.86. The molecule has 0 amide bonds. The molecule has 1 aliphatic rings. The molecular weight excluding hydrogens is 174 g/mol. The largest absolute Gasteiger partial charge is 0.346 e. The first kappa shape index (κ1) is 7.67. The smallest absolute Gasteiger partial charge is 0.204 e. The van der Waals surface area contributed by atoms with Crippen molar-refractivity contribution < 1.29 is 4.79 Å². The van der Waals surface area contributed by atoms with E-state index in [9.17, 15) is 4.79 Å². The van der Waals surface area contributed by atoms with Gasteiger partial charge in [0.25, 0.3) is 0 Å². The van der Waals surface area contributed by atoms with Crippen LogP contribution in [0, 0.1) is 0 Å². The maximum atomic E-state index is 10.9. The Hall–Kier alpha value is -0.970. The molecule has 12 heavy (non-hydrogen) atoms. The summed E-state index contributed by atoms with van der Waals surface area (Å²) in [5, 5.41) is 0.933. The van der Waals surface area contributed by atoms with Crippen molar-refractivity contribution in [2.75, 3.05) is 18.0 Å². The molecule has 2 rings (SSSR count). The van der Waals surface area contributed by atoms with Crippen molar-refractivity contribution in [3.63, 3.8) is 0 Å². The lowest BCUT2D eigenvalue weighted by atomic mass is 10.1. The SMILES string of the molecule is O=C1CCN(c2ncns2)CC1. The van der Waals surface area contributed by atoms with E-state index in [1.807, 2.05) is 0 Å². The Balaban J connectivity index is 2.03. The van der Waals surface area contributed by atoms with Crippen molar-refractivity contribution in [1.29, 1.82) is 0 Å². The van der Waals surface area contributed by atoms with E-state index in [4.69, 9.17) is 0 Å². The lowest BCUT2D eigenvalue weighted by Gasteiger charge is -2.24. The van der Waals surface area contributed by atoms with Gasteiger partial charge in [0.15, 0.2) is 0 Å². The summed E-state index contributed by atoms with van der Waals surface area (Å²) in [5.74, 6) is 0.357. The molecular formula is C7H9N3OS. The zero-order chi connectivity index (χ0) is 8.39. The molecule has 0 aliphatic carbocycles. The number of carbonyl (C=O) groups excluding carboxylic acids is 1. The number of carbonyl (C=O) groups is 1.